The van der Waals surface area contributed by atoms with Gasteiger partial charge in [0.15, 0.2) is 0 Å². The summed E-state index contributed by atoms with van der Waals surface area (Å²) in [6, 6.07) is 0. The first kappa shape index (κ1) is 4.37. The predicted octanol–water partition coefficient (Wildman–Crippen LogP) is -0.0522. The van der Waals surface area contributed by atoms with Crippen molar-refractivity contribution in [1.82, 2.24) is 5.10 Å². The summed E-state index contributed by atoms with van der Waals surface area (Å²) in [5.74, 6) is 0. The molecule has 0 aliphatic heterocycles. The third kappa shape index (κ3) is 0.796. The molecule has 1 aromatic rings. The lowest BCUT2D eigenvalue weighted by molar-refractivity contribution is -0.730. The topological polar surface area (TPSA) is 19.7 Å². The van der Waals surface area contributed by atoms with E-state index in [9.17, 15) is 0 Å². The van der Waals surface area contributed by atoms with Gasteiger partial charge in [-0.25, -0.2) is 4.68 Å². The Kier molecular flexibility index (Phi) is 0.855. The SMILES string of the molecule is Cc1[c-][n+](C)[nH]c1. The average molecular weight is 96.1 g/mol. The number of hydrogen-bond acceptors (Lipinski definition) is 0. The summed E-state index contributed by atoms with van der Waals surface area (Å²) < 4.78 is 1.79. The molecule has 1 heterocycles. The van der Waals surface area contributed by atoms with Gasteiger partial charge in [0.1, 0.15) is 7.05 Å². The van der Waals surface area contributed by atoms with Crippen molar-refractivity contribution >= 4 is 0 Å². The van der Waals surface area contributed by atoms with E-state index in [-0.39, 0.29) is 0 Å². The van der Waals surface area contributed by atoms with E-state index in [0.717, 1.165) is 5.56 Å². The van der Waals surface area contributed by atoms with Crippen LogP contribution < -0.4 is 4.68 Å². The maximum atomic E-state index is 3.00. The molecule has 38 valence electrons. The highest BCUT2D eigenvalue weighted by Gasteiger charge is 1.78. The summed E-state index contributed by atoms with van der Waals surface area (Å²) in [5, 5.41) is 2.93. The highest BCUT2D eigenvalue weighted by molar-refractivity contribution is 4.91. The number of rotatable bonds is 0. The molecular weight excluding hydrogens is 88.1 g/mol. The minimum atomic E-state index is 1.14. The molecule has 1 aromatic heterocycles. The maximum Gasteiger partial charge on any atom is 0.141 e. The van der Waals surface area contributed by atoms with E-state index in [1.807, 2.05) is 20.2 Å². The van der Waals surface area contributed by atoms with E-state index in [4.69, 9.17) is 0 Å². The smallest absolute Gasteiger partial charge is 0.141 e. The highest BCUT2D eigenvalue weighted by Crippen LogP contribution is 1.81. The minimum Gasteiger partial charge on any atom is -0.267 e. The number of aromatic nitrogens is 2. The van der Waals surface area contributed by atoms with Crippen molar-refractivity contribution in [2.45, 2.75) is 6.92 Å². The van der Waals surface area contributed by atoms with Crippen LogP contribution in [-0.4, -0.2) is 5.10 Å². The molecule has 0 atom stereocenters. The highest BCUT2D eigenvalue weighted by atomic mass is 15.2. The molecule has 0 amide bonds. The Morgan fingerprint density at radius 3 is 2.71 bits per heavy atom. The Hall–Kier alpha value is -0.790. The average Bonchev–Trinajstić information content (AvgIpc) is 1.87. The fourth-order valence-corrected chi connectivity index (χ4v) is 0.523. The van der Waals surface area contributed by atoms with Crippen LogP contribution in [0.15, 0.2) is 6.20 Å². The van der Waals surface area contributed by atoms with Crippen LogP contribution in [0, 0.1) is 13.1 Å². The van der Waals surface area contributed by atoms with Crippen LogP contribution in [-0.2, 0) is 7.05 Å². The summed E-state index contributed by atoms with van der Waals surface area (Å²) in [6.07, 6.45) is 4.90. The van der Waals surface area contributed by atoms with Gasteiger partial charge in [0.05, 0.1) is 6.20 Å². The largest absolute Gasteiger partial charge is 0.267 e. The summed E-state index contributed by atoms with van der Waals surface area (Å²) in [5.41, 5.74) is 1.14. The molecule has 0 radical (unpaired) electrons. The zero-order valence-electron chi connectivity index (χ0n) is 4.52. The monoisotopic (exact) mass is 96.1 g/mol. The van der Waals surface area contributed by atoms with Crippen LogP contribution in [0.1, 0.15) is 5.56 Å². The van der Waals surface area contributed by atoms with Crippen LogP contribution >= 0.6 is 0 Å². The van der Waals surface area contributed by atoms with Gasteiger partial charge in [-0.2, -0.15) is 0 Å². The van der Waals surface area contributed by atoms with Crippen LogP contribution in [0.25, 0.3) is 0 Å². The van der Waals surface area contributed by atoms with Crippen LogP contribution in [0.5, 0.6) is 0 Å². The first-order valence-electron chi connectivity index (χ1n) is 2.22. The Morgan fingerprint density at radius 2 is 2.57 bits per heavy atom. The lowest BCUT2D eigenvalue weighted by atomic mass is 10.4. The number of nitrogens with one attached hydrogen (secondary N) is 1. The quantitative estimate of drug-likeness (QED) is 0.345. The zero-order valence-corrected chi connectivity index (χ0v) is 4.52. The van der Waals surface area contributed by atoms with Gasteiger partial charge in [0.25, 0.3) is 0 Å². The molecule has 0 spiro atoms. The van der Waals surface area contributed by atoms with E-state index >= 15 is 0 Å². The number of aromatic amines is 1. The van der Waals surface area contributed by atoms with Gasteiger partial charge in [0.2, 0.25) is 0 Å². The second-order valence-corrected chi connectivity index (χ2v) is 1.63. The molecule has 0 unspecified atom stereocenters. The van der Waals surface area contributed by atoms with Gasteiger partial charge in [0, 0.05) is 0 Å². The molecular formula is C5H8N2. The Morgan fingerprint density at radius 1 is 1.86 bits per heavy atom. The molecule has 2 heteroatoms. The van der Waals surface area contributed by atoms with Crippen LogP contribution in [0.2, 0.25) is 0 Å². The molecule has 1 rings (SSSR count). The predicted molar refractivity (Wildman–Crippen MR) is 25.5 cm³/mol. The molecule has 0 aliphatic carbocycles. The fourth-order valence-electron chi connectivity index (χ4n) is 0.523. The van der Waals surface area contributed by atoms with Crippen molar-refractivity contribution in [3.05, 3.63) is 18.0 Å². The van der Waals surface area contributed by atoms with Gasteiger partial charge in [-0.15, -0.1) is 5.56 Å². The van der Waals surface area contributed by atoms with Crippen molar-refractivity contribution in [2.75, 3.05) is 0 Å². The van der Waals surface area contributed by atoms with E-state index in [1.54, 1.807) is 4.68 Å². The van der Waals surface area contributed by atoms with E-state index in [1.165, 1.54) is 0 Å². The molecule has 1 N–H and O–H groups in total. The Labute approximate surface area is 42.8 Å². The van der Waals surface area contributed by atoms with E-state index in [2.05, 4.69) is 11.3 Å². The molecule has 2 nitrogen and oxygen atoms in total. The van der Waals surface area contributed by atoms with Crippen LogP contribution in [0.3, 0.4) is 0 Å². The summed E-state index contributed by atoms with van der Waals surface area (Å²) in [4.78, 5) is 0. The van der Waals surface area contributed by atoms with Gasteiger partial charge in [-0.3, -0.25) is 5.10 Å². The van der Waals surface area contributed by atoms with Gasteiger partial charge >= 0.3 is 0 Å². The molecule has 0 saturated heterocycles. The maximum absolute atomic E-state index is 3.00. The Balaban J connectivity index is 3.04. The van der Waals surface area contributed by atoms with Gasteiger partial charge < -0.3 is 0 Å². The number of nitrogens with zero attached hydrogens (tertiary/aromatic N) is 1. The van der Waals surface area contributed by atoms with Crippen LogP contribution in [0.4, 0.5) is 0 Å². The summed E-state index contributed by atoms with van der Waals surface area (Å²) in [7, 11) is 1.91. The summed E-state index contributed by atoms with van der Waals surface area (Å²) >= 11 is 0. The van der Waals surface area contributed by atoms with Crippen molar-refractivity contribution in [3.8, 4) is 0 Å². The second kappa shape index (κ2) is 1.37. The van der Waals surface area contributed by atoms with Crippen molar-refractivity contribution < 1.29 is 4.68 Å². The van der Waals surface area contributed by atoms with E-state index in [0.29, 0.717) is 0 Å². The molecule has 0 aromatic carbocycles. The third-order valence-corrected chi connectivity index (χ3v) is 0.819. The van der Waals surface area contributed by atoms with Crippen molar-refractivity contribution in [1.29, 1.82) is 0 Å². The molecule has 0 fully saturated rings. The van der Waals surface area contributed by atoms with Crippen molar-refractivity contribution in [2.24, 2.45) is 7.05 Å². The lowest BCUT2D eigenvalue weighted by Crippen LogP contribution is -2.28. The van der Waals surface area contributed by atoms with E-state index < -0.39 is 0 Å². The van der Waals surface area contributed by atoms with Crippen molar-refractivity contribution in [3.63, 3.8) is 0 Å². The van der Waals surface area contributed by atoms with Gasteiger partial charge in [-0.1, -0.05) is 13.1 Å². The zero-order chi connectivity index (χ0) is 5.28. The lowest BCUT2D eigenvalue weighted by Gasteiger charge is -1.76. The molecule has 0 bridgehead atoms. The fraction of sp³-hybridized carbons (Fsp3) is 0.400. The first-order valence-corrected chi connectivity index (χ1v) is 2.22. The summed E-state index contributed by atoms with van der Waals surface area (Å²) in [6.45, 7) is 2.00. The normalized spacial score (nSPS) is 9.43. The third-order valence-electron chi connectivity index (χ3n) is 0.819. The molecule has 7 heavy (non-hydrogen) atoms. The molecule has 0 saturated carbocycles. The number of H-pyrrole nitrogens is 1. The second-order valence-electron chi connectivity index (χ2n) is 1.63. The number of aryl methyl sites for hydroxylation is 2. The number of hydrogen-bond donors (Lipinski definition) is 1. The van der Waals surface area contributed by atoms with Gasteiger partial charge in [-0.05, 0) is 0 Å². The standard InChI is InChI=1S/C5H8N2/c1-5-3-6-7(2)4-5/h3,6H,1-2H3. The first-order chi connectivity index (χ1) is 3.29. The minimum absolute atomic E-state index is 1.14. The Bertz CT molecular complexity index is 138. The molecule has 0 aliphatic rings.